The van der Waals surface area contributed by atoms with E-state index in [1.165, 1.54) is 0 Å². The van der Waals surface area contributed by atoms with Gasteiger partial charge in [0, 0.05) is 19.1 Å². The number of carbonyl (C=O) groups is 1. The summed E-state index contributed by atoms with van der Waals surface area (Å²) in [6, 6.07) is 5.82. The van der Waals surface area contributed by atoms with E-state index < -0.39 is 0 Å². The smallest absolute Gasteiger partial charge is 0.227 e. The monoisotopic (exact) mass is 342 g/mol. The Morgan fingerprint density at radius 2 is 1.95 bits per heavy atom. The fourth-order valence-electron chi connectivity index (χ4n) is 3.15. The van der Waals surface area contributed by atoms with Crippen molar-refractivity contribution in [1.29, 1.82) is 0 Å². The molecule has 2 rings (SSSR count). The highest BCUT2D eigenvalue weighted by atomic mass is 35.5. The van der Waals surface area contributed by atoms with E-state index in [-0.39, 0.29) is 5.91 Å². The van der Waals surface area contributed by atoms with Crippen molar-refractivity contribution in [2.45, 2.75) is 26.3 Å². The molecule has 5 heteroatoms. The lowest BCUT2D eigenvalue weighted by Gasteiger charge is -2.27. The van der Waals surface area contributed by atoms with Crippen molar-refractivity contribution >= 4 is 29.1 Å². The van der Waals surface area contributed by atoms with Crippen LogP contribution in [0.4, 0.5) is 0 Å². The molecule has 0 N–H and O–H groups in total. The zero-order chi connectivity index (χ0) is 16.4. The largest absolute Gasteiger partial charge is 0.340 e. The van der Waals surface area contributed by atoms with Crippen LogP contribution in [0.2, 0.25) is 10.0 Å². The van der Waals surface area contributed by atoms with Gasteiger partial charge in [-0.25, -0.2) is 0 Å². The Kier molecular flexibility index (Phi) is 5.76. The predicted octanol–water partition coefficient (Wildman–Crippen LogP) is 3.58. The molecular weight excluding hydrogens is 319 g/mol. The first-order valence-electron chi connectivity index (χ1n) is 7.67. The molecule has 1 aromatic carbocycles. The van der Waals surface area contributed by atoms with Crippen molar-refractivity contribution in [2.75, 3.05) is 27.2 Å². The number of carbonyl (C=O) groups excluding carboxylic acids is 1. The molecule has 122 valence electrons. The number of hydrogen-bond acceptors (Lipinski definition) is 2. The van der Waals surface area contributed by atoms with E-state index in [0.29, 0.717) is 34.3 Å². The van der Waals surface area contributed by atoms with Gasteiger partial charge in [0.15, 0.2) is 0 Å². The fraction of sp³-hybridized carbons (Fsp3) is 0.588. The van der Waals surface area contributed by atoms with Crippen LogP contribution in [-0.4, -0.2) is 48.9 Å². The SMILES string of the molecule is CC(C)[C@@H]1CN(C(=O)Cc2ccc(Cl)c(Cl)c2)C[C@H]1N(C)C. The summed E-state index contributed by atoms with van der Waals surface area (Å²) in [5, 5.41) is 1.02. The van der Waals surface area contributed by atoms with Gasteiger partial charge in [-0.3, -0.25) is 4.79 Å². The standard InChI is InChI=1S/C17H24Cl2N2O/c1-11(2)13-9-21(10-16(13)20(3)4)17(22)8-12-5-6-14(18)15(19)7-12/h5-7,11,13,16H,8-10H2,1-4H3/t13-,16+/m0/s1. The number of nitrogens with zero attached hydrogens (tertiary/aromatic N) is 2. The maximum Gasteiger partial charge on any atom is 0.227 e. The third-order valence-electron chi connectivity index (χ3n) is 4.54. The van der Waals surface area contributed by atoms with Gasteiger partial charge in [0.1, 0.15) is 0 Å². The first-order chi connectivity index (χ1) is 10.3. The molecule has 1 heterocycles. The first kappa shape index (κ1) is 17.6. The molecule has 1 aliphatic heterocycles. The third-order valence-corrected chi connectivity index (χ3v) is 5.28. The van der Waals surface area contributed by atoms with Crippen molar-refractivity contribution in [3.8, 4) is 0 Å². The molecule has 0 saturated carbocycles. The summed E-state index contributed by atoms with van der Waals surface area (Å²) in [5.74, 6) is 1.25. The number of hydrogen-bond donors (Lipinski definition) is 0. The predicted molar refractivity (Wildman–Crippen MR) is 92.5 cm³/mol. The van der Waals surface area contributed by atoms with Gasteiger partial charge in [-0.05, 0) is 43.6 Å². The lowest BCUT2D eigenvalue weighted by Crippen LogP contribution is -2.37. The average Bonchev–Trinajstić information content (AvgIpc) is 2.88. The Bertz CT molecular complexity index is 529. The van der Waals surface area contributed by atoms with Gasteiger partial charge >= 0.3 is 0 Å². The highest BCUT2D eigenvalue weighted by Crippen LogP contribution is 2.28. The minimum absolute atomic E-state index is 0.161. The van der Waals surface area contributed by atoms with Crippen molar-refractivity contribution in [2.24, 2.45) is 11.8 Å². The van der Waals surface area contributed by atoms with Gasteiger partial charge in [-0.2, -0.15) is 0 Å². The van der Waals surface area contributed by atoms with E-state index in [2.05, 4.69) is 32.8 Å². The van der Waals surface area contributed by atoms with Crippen LogP contribution in [0.15, 0.2) is 18.2 Å². The Balaban J connectivity index is 2.05. The number of amides is 1. The Morgan fingerprint density at radius 1 is 1.27 bits per heavy atom. The summed E-state index contributed by atoms with van der Waals surface area (Å²) < 4.78 is 0. The van der Waals surface area contributed by atoms with Crippen LogP contribution in [0.1, 0.15) is 19.4 Å². The highest BCUT2D eigenvalue weighted by molar-refractivity contribution is 6.42. The molecule has 0 radical (unpaired) electrons. The molecule has 2 atom stereocenters. The summed E-state index contributed by atoms with van der Waals surface area (Å²) in [4.78, 5) is 16.8. The summed E-state index contributed by atoms with van der Waals surface area (Å²) in [6.45, 7) is 6.10. The van der Waals surface area contributed by atoms with Gasteiger partial charge in [-0.15, -0.1) is 0 Å². The second-order valence-electron chi connectivity index (χ2n) is 6.66. The lowest BCUT2D eigenvalue weighted by molar-refractivity contribution is -0.129. The van der Waals surface area contributed by atoms with Crippen LogP contribution in [0.3, 0.4) is 0 Å². The fourth-order valence-corrected chi connectivity index (χ4v) is 3.47. The van der Waals surface area contributed by atoms with E-state index in [4.69, 9.17) is 23.2 Å². The van der Waals surface area contributed by atoms with Gasteiger partial charge in [0.25, 0.3) is 0 Å². The number of likely N-dealkylation sites (N-methyl/N-ethyl adjacent to an activating group) is 1. The summed E-state index contributed by atoms with van der Waals surface area (Å²) >= 11 is 11.9. The van der Waals surface area contributed by atoms with Crippen LogP contribution in [0.5, 0.6) is 0 Å². The Morgan fingerprint density at radius 3 is 2.45 bits per heavy atom. The van der Waals surface area contributed by atoms with Crippen LogP contribution < -0.4 is 0 Å². The number of likely N-dealkylation sites (tertiary alicyclic amines) is 1. The van der Waals surface area contributed by atoms with Gasteiger partial charge < -0.3 is 9.80 Å². The molecular formula is C17H24Cl2N2O. The minimum atomic E-state index is 0.161. The molecule has 0 bridgehead atoms. The molecule has 0 spiro atoms. The van der Waals surface area contributed by atoms with E-state index in [1.807, 2.05) is 11.0 Å². The molecule has 1 saturated heterocycles. The third kappa shape index (κ3) is 3.95. The first-order valence-corrected chi connectivity index (χ1v) is 8.43. The Hall–Kier alpha value is -0.770. The summed E-state index contributed by atoms with van der Waals surface area (Å²) in [7, 11) is 4.18. The van der Waals surface area contributed by atoms with Gasteiger partial charge in [-0.1, -0.05) is 43.1 Å². The number of halogens is 2. The Labute approximate surface area is 143 Å². The molecule has 1 aromatic rings. The number of rotatable bonds is 4. The van der Waals surface area contributed by atoms with Crippen LogP contribution in [-0.2, 0) is 11.2 Å². The van der Waals surface area contributed by atoms with Crippen molar-refractivity contribution < 1.29 is 4.79 Å². The summed E-state index contributed by atoms with van der Waals surface area (Å²) in [5.41, 5.74) is 0.911. The van der Waals surface area contributed by atoms with E-state index in [0.717, 1.165) is 18.7 Å². The molecule has 1 aliphatic rings. The van der Waals surface area contributed by atoms with Gasteiger partial charge in [0.2, 0.25) is 5.91 Å². The summed E-state index contributed by atoms with van der Waals surface area (Å²) in [6.07, 6.45) is 0.377. The molecule has 0 aliphatic carbocycles. The molecule has 0 unspecified atom stereocenters. The second kappa shape index (κ2) is 7.20. The van der Waals surface area contributed by atoms with Crippen molar-refractivity contribution in [3.05, 3.63) is 33.8 Å². The minimum Gasteiger partial charge on any atom is -0.340 e. The van der Waals surface area contributed by atoms with E-state index in [9.17, 15) is 4.79 Å². The second-order valence-corrected chi connectivity index (χ2v) is 7.48. The molecule has 1 amide bonds. The molecule has 22 heavy (non-hydrogen) atoms. The quantitative estimate of drug-likeness (QED) is 0.834. The average molecular weight is 343 g/mol. The highest BCUT2D eigenvalue weighted by Gasteiger charge is 2.37. The van der Waals surface area contributed by atoms with Crippen molar-refractivity contribution in [3.63, 3.8) is 0 Å². The maximum absolute atomic E-state index is 12.6. The molecule has 0 aromatic heterocycles. The zero-order valence-corrected chi connectivity index (χ0v) is 15.2. The van der Waals surface area contributed by atoms with Crippen LogP contribution in [0, 0.1) is 11.8 Å². The van der Waals surface area contributed by atoms with E-state index in [1.54, 1.807) is 12.1 Å². The van der Waals surface area contributed by atoms with Crippen LogP contribution in [0.25, 0.3) is 0 Å². The zero-order valence-electron chi connectivity index (χ0n) is 13.6. The van der Waals surface area contributed by atoms with E-state index >= 15 is 0 Å². The maximum atomic E-state index is 12.6. The molecule has 3 nitrogen and oxygen atoms in total. The normalized spacial score (nSPS) is 21.9. The topological polar surface area (TPSA) is 23.6 Å². The lowest BCUT2D eigenvalue weighted by atomic mass is 9.91. The molecule has 1 fully saturated rings. The van der Waals surface area contributed by atoms with Crippen LogP contribution >= 0.6 is 23.2 Å². The number of benzene rings is 1. The van der Waals surface area contributed by atoms with Crippen molar-refractivity contribution in [1.82, 2.24) is 9.80 Å². The van der Waals surface area contributed by atoms with Gasteiger partial charge in [0.05, 0.1) is 16.5 Å².